The lowest BCUT2D eigenvalue weighted by atomic mass is 10.2. The molecule has 0 unspecified atom stereocenters. The molecule has 0 aliphatic heterocycles. The Bertz CT molecular complexity index is 1290. The molecule has 0 aliphatic carbocycles. The summed E-state index contributed by atoms with van der Waals surface area (Å²) in [5, 5.41) is 10.9. The van der Waals surface area contributed by atoms with Gasteiger partial charge in [0.1, 0.15) is 0 Å². The number of aromatic nitrogens is 1. The summed E-state index contributed by atoms with van der Waals surface area (Å²) in [6, 6.07) is 10.9. The molecule has 0 aliphatic rings. The molecule has 0 N–H and O–H groups in total. The Kier molecular flexibility index (Phi) is 6.20. The molecule has 1 aromatic heterocycles. The van der Waals surface area contributed by atoms with Gasteiger partial charge in [0.2, 0.25) is 0 Å². The van der Waals surface area contributed by atoms with Crippen LogP contribution in [0.3, 0.4) is 0 Å². The Labute approximate surface area is 174 Å². The third kappa shape index (κ3) is 4.51. The van der Waals surface area contributed by atoms with E-state index >= 15 is 0 Å². The van der Waals surface area contributed by atoms with Crippen LogP contribution in [0, 0.1) is 22.5 Å². The number of thiazole rings is 1. The third-order valence-electron chi connectivity index (χ3n) is 4.06. The first-order valence-electron chi connectivity index (χ1n) is 8.59. The zero-order valence-corrected chi connectivity index (χ0v) is 16.6. The number of ether oxygens (including phenoxy) is 1. The monoisotopic (exact) mass is 421 g/mol. The number of hydrogen-bond donors (Lipinski definition) is 0. The maximum Gasteiger partial charge on any atom is 0.337 e. The number of amides is 1. The van der Waals surface area contributed by atoms with Crippen LogP contribution in [0.4, 0.5) is 5.69 Å². The summed E-state index contributed by atoms with van der Waals surface area (Å²) >= 11 is 1.21. The molecule has 3 aromatic rings. The van der Waals surface area contributed by atoms with Crippen molar-refractivity contribution >= 4 is 45.2 Å². The van der Waals surface area contributed by atoms with Gasteiger partial charge in [-0.1, -0.05) is 29.4 Å². The summed E-state index contributed by atoms with van der Waals surface area (Å²) < 4.78 is 7.15. The van der Waals surface area contributed by atoms with E-state index in [0.29, 0.717) is 15.9 Å². The zero-order valence-electron chi connectivity index (χ0n) is 15.8. The molecule has 30 heavy (non-hydrogen) atoms. The fourth-order valence-electron chi connectivity index (χ4n) is 2.69. The molecule has 3 rings (SSSR count). The zero-order chi connectivity index (χ0) is 21.7. The van der Waals surface area contributed by atoms with Crippen LogP contribution in [0.2, 0.25) is 0 Å². The maximum absolute atomic E-state index is 12.3. The fraction of sp³-hybridized carbons (Fsp3) is 0.0952. The highest BCUT2D eigenvalue weighted by atomic mass is 32.1. The van der Waals surface area contributed by atoms with Crippen LogP contribution in [0.1, 0.15) is 15.9 Å². The van der Waals surface area contributed by atoms with Crippen LogP contribution in [0.5, 0.6) is 0 Å². The summed E-state index contributed by atoms with van der Waals surface area (Å²) in [5.74, 6) is 1.51. The molecule has 0 bridgehead atoms. The number of rotatable bonds is 5. The van der Waals surface area contributed by atoms with Crippen molar-refractivity contribution in [3.63, 3.8) is 0 Å². The van der Waals surface area contributed by atoms with Crippen LogP contribution in [-0.2, 0) is 16.1 Å². The molecule has 0 atom stereocenters. The van der Waals surface area contributed by atoms with Crippen LogP contribution in [0.25, 0.3) is 16.3 Å². The topological polar surface area (TPSA) is 104 Å². The molecule has 150 valence electrons. The average Bonchev–Trinajstić information content (AvgIpc) is 3.08. The number of nitrogens with zero attached hydrogens (tertiary/aromatic N) is 3. The Balaban J connectivity index is 1.97. The van der Waals surface area contributed by atoms with E-state index in [0.717, 1.165) is 10.2 Å². The van der Waals surface area contributed by atoms with E-state index in [-0.39, 0.29) is 12.2 Å². The highest BCUT2D eigenvalue weighted by Gasteiger charge is 2.11. The van der Waals surface area contributed by atoms with Gasteiger partial charge in [-0.15, -0.1) is 6.42 Å². The van der Waals surface area contributed by atoms with Crippen molar-refractivity contribution in [1.29, 1.82) is 0 Å². The number of carbonyl (C=O) groups excluding carboxylic acids is 2. The molecular formula is C21H15N3O5S. The van der Waals surface area contributed by atoms with Crippen LogP contribution < -0.4 is 4.80 Å². The molecule has 0 radical (unpaired) electrons. The minimum atomic E-state index is -0.549. The number of carbonyl (C=O) groups is 2. The lowest BCUT2D eigenvalue weighted by Crippen LogP contribution is -2.15. The average molecular weight is 421 g/mol. The quantitative estimate of drug-likeness (QED) is 0.207. The number of fused-ring (bicyclic) bond motifs is 1. The van der Waals surface area contributed by atoms with E-state index < -0.39 is 16.8 Å². The highest BCUT2D eigenvalue weighted by molar-refractivity contribution is 7.16. The first-order chi connectivity index (χ1) is 14.4. The number of benzene rings is 2. The van der Waals surface area contributed by atoms with Crippen LogP contribution >= 0.6 is 11.3 Å². The van der Waals surface area contributed by atoms with Crippen molar-refractivity contribution in [2.24, 2.45) is 4.99 Å². The summed E-state index contributed by atoms with van der Waals surface area (Å²) in [7, 11) is 1.30. The number of hydrogen-bond acceptors (Lipinski definition) is 6. The number of nitro groups is 1. The van der Waals surface area contributed by atoms with Gasteiger partial charge in [0.25, 0.3) is 11.6 Å². The third-order valence-corrected chi connectivity index (χ3v) is 5.10. The number of esters is 1. The minimum Gasteiger partial charge on any atom is -0.465 e. The summed E-state index contributed by atoms with van der Waals surface area (Å²) in [4.78, 5) is 38.9. The van der Waals surface area contributed by atoms with Gasteiger partial charge in [-0.25, -0.2) is 4.79 Å². The number of methoxy groups -OCH3 is 1. The standard InChI is InChI=1S/C21H15N3O5S/c1-3-11-23-17-9-8-15(20(26)29-2)13-18(17)30-21(23)22-19(25)10-7-14-5-4-6-16(12-14)24(27)28/h1,4-10,12-13H,11H2,2H3/b10-7+,22-21?. The fourth-order valence-corrected chi connectivity index (χ4v) is 3.76. The van der Waals surface area contributed by atoms with Gasteiger partial charge < -0.3 is 9.30 Å². The Morgan fingerprint density at radius 2 is 2.13 bits per heavy atom. The second-order valence-corrected chi connectivity index (χ2v) is 6.99. The number of non-ortho nitro benzene ring substituents is 1. The summed E-state index contributed by atoms with van der Waals surface area (Å²) in [5.41, 5.74) is 1.55. The van der Waals surface area contributed by atoms with E-state index in [1.807, 2.05) is 0 Å². The lowest BCUT2D eigenvalue weighted by molar-refractivity contribution is -0.384. The lowest BCUT2D eigenvalue weighted by Gasteiger charge is -2.01. The van der Waals surface area contributed by atoms with Crippen LogP contribution in [-0.4, -0.2) is 28.5 Å². The number of nitro benzene ring substituents is 1. The van der Waals surface area contributed by atoms with Gasteiger partial charge in [-0.2, -0.15) is 4.99 Å². The maximum atomic E-state index is 12.3. The summed E-state index contributed by atoms with van der Waals surface area (Å²) in [6.07, 6.45) is 8.12. The van der Waals surface area contributed by atoms with Crippen molar-refractivity contribution in [2.45, 2.75) is 6.54 Å². The Morgan fingerprint density at radius 3 is 2.83 bits per heavy atom. The van der Waals surface area contributed by atoms with Crippen molar-refractivity contribution in [1.82, 2.24) is 4.57 Å². The van der Waals surface area contributed by atoms with Crippen molar-refractivity contribution in [2.75, 3.05) is 7.11 Å². The molecule has 8 nitrogen and oxygen atoms in total. The molecule has 0 spiro atoms. The normalized spacial score (nSPS) is 11.5. The Morgan fingerprint density at radius 1 is 1.33 bits per heavy atom. The highest BCUT2D eigenvalue weighted by Crippen LogP contribution is 2.20. The SMILES string of the molecule is C#CCn1c(=NC(=O)/C=C/c2cccc([N+](=O)[O-])c2)sc2cc(C(=O)OC)ccc21. The molecule has 0 saturated carbocycles. The van der Waals surface area contributed by atoms with Crippen LogP contribution in [0.15, 0.2) is 53.5 Å². The smallest absolute Gasteiger partial charge is 0.337 e. The molecule has 0 fully saturated rings. The van der Waals surface area contributed by atoms with E-state index in [1.165, 1.54) is 48.8 Å². The largest absolute Gasteiger partial charge is 0.465 e. The summed E-state index contributed by atoms with van der Waals surface area (Å²) in [6.45, 7) is 0.193. The minimum absolute atomic E-state index is 0.0701. The molecular weight excluding hydrogens is 406 g/mol. The van der Waals surface area contributed by atoms with Crippen molar-refractivity contribution in [3.05, 3.63) is 74.6 Å². The van der Waals surface area contributed by atoms with E-state index in [1.54, 1.807) is 28.8 Å². The first kappa shape index (κ1) is 20.7. The van der Waals surface area contributed by atoms with Gasteiger partial charge in [0.05, 0.1) is 34.4 Å². The van der Waals surface area contributed by atoms with E-state index in [4.69, 9.17) is 11.2 Å². The second kappa shape index (κ2) is 8.98. The van der Waals surface area contributed by atoms with Crippen molar-refractivity contribution in [3.8, 4) is 12.3 Å². The second-order valence-electron chi connectivity index (χ2n) is 5.98. The molecule has 1 heterocycles. The van der Waals surface area contributed by atoms with Gasteiger partial charge in [-0.3, -0.25) is 14.9 Å². The van der Waals surface area contributed by atoms with Gasteiger partial charge in [0.15, 0.2) is 4.80 Å². The van der Waals surface area contributed by atoms with E-state index in [9.17, 15) is 19.7 Å². The van der Waals surface area contributed by atoms with E-state index in [2.05, 4.69) is 10.9 Å². The Hall–Kier alpha value is -4.03. The molecule has 9 heteroatoms. The first-order valence-corrected chi connectivity index (χ1v) is 9.41. The van der Waals surface area contributed by atoms with Gasteiger partial charge in [0, 0.05) is 18.2 Å². The molecule has 0 saturated heterocycles. The molecule has 1 amide bonds. The predicted octanol–water partition coefficient (Wildman–Crippen LogP) is 3.17. The molecule has 2 aromatic carbocycles. The van der Waals surface area contributed by atoms with Crippen molar-refractivity contribution < 1.29 is 19.2 Å². The van der Waals surface area contributed by atoms with Gasteiger partial charge >= 0.3 is 5.97 Å². The predicted molar refractivity (Wildman–Crippen MR) is 113 cm³/mol. The van der Waals surface area contributed by atoms with Gasteiger partial charge in [-0.05, 0) is 29.8 Å². The number of terminal acetylenes is 1.